The Bertz CT molecular complexity index is 868. The normalized spacial score (nSPS) is 25.7. The number of ketones is 1. The lowest BCUT2D eigenvalue weighted by molar-refractivity contribution is -0.132. The van der Waals surface area contributed by atoms with E-state index in [1.54, 1.807) is 0 Å². The van der Waals surface area contributed by atoms with Gasteiger partial charge in [0.15, 0.2) is 15.6 Å². The molecule has 1 aromatic rings. The Balaban J connectivity index is 1.71. The standard InChI is InChI=1S/C19H24N2O5S/c1-3-13-8-10-19(11-9-13)17(23)21(18(24)20-19)12-16(22)14-4-6-15(7-5-14)27(2,25)26/h4-7,13H,3,8-12H2,1-2H3,(H,20,24). The fraction of sp³-hybridized carbons (Fsp3) is 0.526. The van der Waals surface area contributed by atoms with Crippen molar-refractivity contribution in [3.8, 4) is 0 Å². The van der Waals surface area contributed by atoms with Gasteiger partial charge in [-0.05, 0) is 43.7 Å². The van der Waals surface area contributed by atoms with Crippen molar-refractivity contribution in [2.24, 2.45) is 5.92 Å². The number of carbonyl (C=O) groups is 3. The molecule has 1 aliphatic heterocycles. The molecule has 1 aromatic carbocycles. The first-order valence-corrected chi connectivity index (χ1v) is 11.0. The molecule has 1 saturated carbocycles. The molecule has 2 fully saturated rings. The Morgan fingerprint density at radius 1 is 1.19 bits per heavy atom. The van der Waals surface area contributed by atoms with Crippen LogP contribution >= 0.6 is 0 Å². The molecule has 0 atom stereocenters. The van der Waals surface area contributed by atoms with E-state index in [4.69, 9.17) is 0 Å². The molecular weight excluding hydrogens is 368 g/mol. The summed E-state index contributed by atoms with van der Waals surface area (Å²) in [7, 11) is -3.35. The molecule has 0 radical (unpaired) electrons. The molecule has 27 heavy (non-hydrogen) atoms. The smallest absolute Gasteiger partial charge is 0.323 e. The predicted molar refractivity (Wildman–Crippen MR) is 99.1 cm³/mol. The zero-order valence-electron chi connectivity index (χ0n) is 15.5. The van der Waals surface area contributed by atoms with E-state index in [1.807, 2.05) is 0 Å². The first-order valence-electron chi connectivity index (χ1n) is 9.14. The molecule has 1 aliphatic carbocycles. The number of Topliss-reactive ketones (excluding diaryl/α,β-unsaturated/α-hetero) is 1. The van der Waals surface area contributed by atoms with Crippen molar-refractivity contribution >= 4 is 27.6 Å². The van der Waals surface area contributed by atoms with Crippen molar-refractivity contribution in [1.82, 2.24) is 10.2 Å². The molecule has 1 N–H and O–H groups in total. The van der Waals surface area contributed by atoms with Crippen molar-refractivity contribution in [3.05, 3.63) is 29.8 Å². The Labute approximate surface area is 159 Å². The highest BCUT2D eigenvalue weighted by Gasteiger charge is 2.52. The lowest BCUT2D eigenvalue weighted by Gasteiger charge is -2.34. The highest BCUT2D eigenvalue weighted by Crippen LogP contribution is 2.37. The van der Waals surface area contributed by atoms with Gasteiger partial charge in [0.2, 0.25) is 0 Å². The van der Waals surface area contributed by atoms with E-state index in [1.165, 1.54) is 24.3 Å². The molecule has 3 rings (SSSR count). The fourth-order valence-electron chi connectivity index (χ4n) is 3.86. The van der Waals surface area contributed by atoms with Crippen LogP contribution in [0.25, 0.3) is 0 Å². The average molecular weight is 392 g/mol. The number of hydrogen-bond acceptors (Lipinski definition) is 5. The van der Waals surface area contributed by atoms with E-state index >= 15 is 0 Å². The van der Waals surface area contributed by atoms with Crippen LogP contribution in [0.3, 0.4) is 0 Å². The van der Waals surface area contributed by atoms with Gasteiger partial charge in [-0.1, -0.05) is 25.5 Å². The number of nitrogens with zero attached hydrogens (tertiary/aromatic N) is 1. The van der Waals surface area contributed by atoms with Gasteiger partial charge < -0.3 is 5.32 Å². The van der Waals surface area contributed by atoms with Gasteiger partial charge in [-0.2, -0.15) is 0 Å². The first kappa shape index (κ1) is 19.5. The van der Waals surface area contributed by atoms with E-state index in [0.717, 1.165) is 30.4 Å². The van der Waals surface area contributed by atoms with Crippen LogP contribution in [0.4, 0.5) is 4.79 Å². The van der Waals surface area contributed by atoms with Crippen LogP contribution < -0.4 is 5.32 Å². The van der Waals surface area contributed by atoms with Gasteiger partial charge in [-0.3, -0.25) is 14.5 Å². The zero-order chi connectivity index (χ0) is 19.8. The molecule has 1 saturated heterocycles. The monoisotopic (exact) mass is 392 g/mol. The van der Waals surface area contributed by atoms with Gasteiger partial charge in [0.25, 0.3) is 5.91 Å². The van der Waals surface area contributed by atoms with Gasteiger partial charge in [0, 0.05) is 11.8 Å². The number of benzene rings is 1. The Morgan fingerprint density at radius 3 is 2.30 bits per heavy atom. The van der Waals surface area contributed by atoms with Gasteiger partial charge >= 0.3 is 6.03 Å². The van der Waals surface area contributed by atoms with Crippen LogP contribution in [0.1, 0.15) is 49.4 Å². The van der Waals surface area contributed by atoms with Gasteiger partial charge in [0.1, 0.15) is 5.54 Å². The second-order valence-electron chi connectivity index (χ2n) is 7.47. The second-order valence-corrected chi connectivity index (χ2v) is 9.49. The molecule has 2 aliphatic rings. The summed E-state index contributed by atoms with van der Waals surface area (Å²) in [5, 5.41) is 2.81. The van der Waals surface area contributed by atoms with Crippen LogP contribution in [0.5, 0.6) is 0 Å². The summed E-state index contributed by atoms with van der Waals surface area (Å²) in [6.07, 6.45) is 5.12. The third-order valence-electron chi connectivity index (χ3n) is 5.69. The summed E-state index contributed by atoms with van der Waals surface area (Å²) in [6.45, 7) is 1.78. The minimum absolute atomic E-state index is 0.112. The van der Waals surface area contributed by atoms with Crippen molar-refractivity contribution in [1.29, 1.82) is 0 Å². The molecule has 0 aromatic heterocycles. The molecule has 146 valence electrons. The molecule has 7 nitrogen and oxygen atoms in total. The van der Waals surface area contributed by atoms with Gasteiger partial charge in [-0.15, -0.1) is 0 Å². The second kappa shape index (κ2) is 7.07. The number of urea groups is 1. The molecule has 3 amide bonds. The number of carbonyl (C=O) groups excluding carboxylic acids is 3. The Hall–Kier alpha value is -2.22. The molecule has 1 spiro atoms. The highest BCUT2D eigenvalue weighted by atomic mass is 32.2. The minimum atomic E-state index is -3.35. The van der Waals surface area contributed by atoms with Crippen molar-refractivity contribution in [3.63, 3.8) is 0 Å². The Morgan fingerprint density at radius 2 is 1.78 bits per heavy atom. The van der Waals surface area contributed by atoms with E-state index in [2.05, 4.69) is 12.2 Å². The van der Waals surface area contributed by atoms with E-state index in [0.29, 0.717) is 18.8 Å². The quantitative estimate of drug-likeness (QED) is 0.611. The van der Waals surface area contributed by atoms with Crippen LogP contribution in [-0.2, 0) is 14.6 Å². The lowest BCUT2D eigenvalue weighted by atomic mass is 9.75. The summed E-state index contributed by atoms with van der Waals surface area (Å²) in [5.74, 6) is -0.162. The molecule has 0 unspecified atom stereocenters. The number of amides is 3. The van der Waals surface area contributed by atoms with Crippen LogP contribution in [-0.4, -0.2) is 49.4 Å². The molecule has 0 bridgehead atoms. The maximum atomic E-state index is 12.9. The van der Waals surface area contributed by atoms with Crippen molar-refractivity contribution in [2.75, 3.05) is 12.8 Å². The van der Waals surface area contributed by atoms with Crippen LogP contribution in [0.2, 0.25) is 0 Å². The third-order valence-corrected chi connectivity index (χ3v) is 6.82. The third kappa shape index (κ3) is 3.76. The fourth-order valence-corrected chi connectivity index (χ4v) is 4.49. The minimum Gasteiger partial charge on any atom is -0.323 e. The number of rotatable bonds is 5. The number of imide groups is 1. The maximum Gasteiger partial charge on any atom is 0.325 e. The number of hydrogen-bond donors (Lipinski definition) is 1. The summed E-state index contributed by atoms with van der Waals surface area (Å²) in [5.41, 5.74) is -0.609. The van der Waals surface area contributed by atoms with Gasteiger partial charge in [-0.25, -0.2) is 13.2 Å². The molecule has 1 heterocycles. The Kier molecular flexibility index (Phi) is 5.12. The topological polar surface area (TPSA) is 101 Å². The van der Waals surface area contributed by atoms with Crippen molar-refractivity contribution in [2.45, 2.75) is 49.5 Å². The largest absolute Gasteiger partial charge is 0.325 e. The zero-order valence-corrected chi connectivity index (χ0v) is 16.3. The average Bonchev–Trinajstić information content (AvgIpc) is 2.86. The maximum absolute atomic E-state index is 12.9. The molecular formula is C19H24N2O5S. The number of nitrogens with one attached hydrogen (secondary N) is 1. The predicted octanol–water partition coefficient (Wildman–Crippen LogP) is 2.16. The number of sulfone groups is 1. The van der Waals surface area contributed by atoms with Crippen LogP contribution in [0.15, 0.2) is 29.2 Å². The van der Waals surface area contributed by atoms with E-state index in [-0.39, 0.29) is 22.9 Å². The molecule has 8 heteroatoms. The summed E-state index contributed by atoms with van der Waals surface area (Å²) in [6, 6.07) is 4.97. The SMILES string of the molecule is CCC1CCC2(CC1)NC(=O)N(CC(=O)c1ccc(S(C)(=O)=O)cc1)C2=O. The van der Waals surface area contributed by atoms with E-state index < -0.39 is 27.2 Å². The lowest BCUT2D eigenvalue weighted by Crippen LogP contribution is -2.49. The first-order chi connectivity index (χ1) is 12.7. The summed E-state index contributed by atoms with van der Waals surface area (Å²) in [4.78, 5) is 38.8. The van der Waals surface area contributed by atoms with Gasteiger partial charge in [0.05, 0.1) is 11.4 Å². The van der Waals surface area contributed by atoms with Crippen LogP contribution in [0, 0.1) is 5.92 Å². The van der Waals surface area contributed by atoms with E-state index in [9.17, 15) is 22.8 Å². The van der Waals surface area contributed by atoms with Crippen molar-refractivity contribution < 1.29 is 22.8 Å². The highest BCUT2D eigenvalue weighted by molar-refractivity contribution is 7.90. The summed E-state index contributed by atoms with van der Waals surface area (Å²) >= 11 is 0. The summed E-state index contributed by atoms with van der Waals surface area (Å²) < 4.78 is 23.0.